The summed E-state index contributed by atoms with van der Waals surface area (Å²) in [7, 11) is 1.45. The summed E-state index contributed by atoms with van der Waals surface area (Å²) in [5.74, 6) is -0.809. The molecule has 0 atom stereocenters. The van der Waals surface area contributed by atoms with E-state index in [0.717, 1.165) is 18.5 Å². The number of rotatable bonds is 8. The van der Waals surface area contributed by atoms with E-state index in [1.807, 2.05) is 0 Å². The van der Waals surface area contributed by atoms with Gasteiger partial charge >= 0.3 is 0 Å². The maximum Gasteiger partial charge on any atom is 0.250 e. The summed E-state index contributed by atoms with van der Waals surface area (Å²) < 4.78 is 25.3. The van der Waals surface area contributed by atoms with Crippen LogP contribution in [0.15, 0.2) is 30.5 Å². The molecule has 0 spiro atoms. The molecule has 0 fully saturated rings. The summed E-state index contributed by atoms with van der Waals surface area (Å²) in [6.45, 7) is 7.88. The number of nitrogens with two attached hydrogens (primary N) is 1. The Labute approximate surface area is 158 Å². The van der Waals surface area contributed by atoms with Gasteiger partial charge in [0.05, 0.1) is 12.7 Å². The summed E-state index contributed by atoms with van der Waals surface area (Å²) >= 11 is 0. The number of aromatic nitrogens is 1. The zero-order valence-corrected chi connectivity index (χ0v) is 16.1. The second-order valence-corrected chi connectivity index (χ2v) is 7.45. The third-order valence-electron chi connectivity index (χ3n) is 3.90. The zero-order chi connectivity index (χ0) is 20.0. The number of methoxy groups -OCH3 is 1. The Kier molecular flexibility index (Phi) is 6.74. The molecule has 27 heavy (non-hydrogen) atoms. The first-order chi connectivity index (χ1) is 12.7. The summed E-state index contributed by atoms with van der Waals surface area (Å²) in [6, 6.07) is 6.03. The Morgan fingerprint density at radius 1 is 1.30 bits per heavy atom. The van der Waals surface area contributed by atoms with Crippen molar-refractivity contribution in [2.75, 3.05) is 13.7 Å². The topological polar surface area (TPSA) is 86.5 Å². The van der Waals surface area contributed by atoms with Crippen molar-refractivity contribution >= 4 is 5.91 Å². The fourth-order valence-electron chi connectivity index (χ4n) is 2.36. The fraction of sp³-hybridized carbons (Fsp3) is 0.400. The second-order valence-electron chi connectivity index (χ2n) is 7.45. The third kappa shape index (κ3) is 6.21. The molecule has 0 saturated heterocycles. The molecule has 0 aliphatic rings. The minimum absolute atomic E-state index is 0.0599. The van der Waals surface area contributed by atoms with Crippen molar-refractivity contribution in [3.63, 3.8) is 0 Å². The molecule has 1 aromatic heterocycles. The van der Waals surface area contributed by atoms with Crippen molar-refractivity contribution in [3.8, 4) is 17.4 Å². The molecular formula is C20H26FN3O3. The Morgan fingerprint density at radius 2 is 2.04 bits per heavy atom. The van der Waals surface area contributed by atoms with Crippen molar-refractivity contribution in [1.82, 2.24) is 10.3 Å². The van der Waals surface area contributed by atoms with Crippen LogP contribution in [-0.2, 0) is 6.54 Å². The number of hydrogen-bond donors (Lipinski definition) is 2. The zero-order valence-electron chi connectivity index (χ0n) is 16.1. The normalized spacial score (nSPS) is 11.3. The van der Waals surface area contributed by atoms with Crippen LogP contribution in [0.5, 0.6) is 17.4 Å². The first kappa shape index (κ1) is 20.6. The monoisotopic (exact) mass is 375 g/mol. The van der Waals surface area contributed by atoms with Gasteiger partial charge in [0, 0.05) is 18.8 Å². The van der Waals surface area contributed by atoms with E-state index in [1.54, 1.807) is 6.07 Å². The van der Waals surface area contributed by atoms with Crippen LogP contribution in [0.3, 0.4) is 0 Å². The van der Waals surface area contributed by atoms with Crippen LogP contribution >= 0.6 is 0 Å². The molecule has 6 nitrogen and oxygen atoms in total. The number of ether oxygens (including phenoxy) is 2. The number of amides is 1. The highest BCUT2D eigenvalue weighted by atomic mass is 19.1. The highest BCUT2D eigenvalue weighted by Crippen LogP contribution is 2.34. The lowest BCUT2D eigenvalue weighted by Gasteiger charge is -2.18. The average molecular weight is 375 g/mol. The minimum atomic E-state index is -0.596. The van der Waals surface area contributed by atoms with Crippen LogP contribution < -0.4 is 20.5 Å². The van der Waals surface area contributed by atoms with Crippen LogP contribution in [-0.4, -0.2) is 24.5 Å². The first-order valence-corrected chi connectivity index (χ1v) is 8.70. The average Bonchev–Trinajstić information content (AvgIpc) is 2.60. The molecule has 1 heterocycles. The standard InChI is InChI=1S/C20H26FN3O3/c1-20(2,3)7-8-23-11-13-9-15(21)18(16(10-13)26-4)27-17-6-5-14(12-24-17)19(22)25/h5-6,9-10,12,23H,7-8,11H2,1-4H3,(H2,22,25). The highest BCUT2D eigenvalue weighted by Gasteiger charge is 2.16. The van der Waals surface area contributed by atoms with Gasteiger partial charge in [-0.3, -0.25) is 4.79 Å². The SMILES string of the molecule is COc1cc(CNCCC(C)(C)C)cc(F)c1Oc1ccc(C(N)=O)cn1. The minimum Gasteiger partial charge on any atom is -0.493 e. The summed E-state index contributed by atoms with van der Waals surface area (Å²) in [5, 5.41) is 3.30. The summed E-state index contributed by atoms with van der Waals surface area (Å²) in [4.78, 5) is 15.0. The van der Waals surface area contributed by atoms with Crippen molar-refractivity contribution in [2.24, 2.45) is 11.1 Å². The molecule has 1 amide bonds. The van der Waals surface area contributed by atoms with Crippen LogP contribution in [0.1, 0.15) is 43.1 Å². The number of carbonyl (C=O) groups is 1. The van der Waals surface area contributed by atoms with Gasteiger partial charge in [0.25, 0.3) is 0 Å². The molecule has 0 aliphatic carbocycles. The number of halogens is 1. The molecule has 2 rings (SSSR count). The quantitative estimate of drug-likeness (QED) is 0.688. The van der Waals surface area contributed by atoms with E-state index < -0.39 is 11.7 Å². The Morgan fingerprint density at radius 3 is 2.59 bits per heavy atom. The molecule has 0 bridgehead atoms. The molecule has 0 unspecified atom stereocenters. The Bertz CT molecular complexity index is 786. The number of hydrogen-bond acceptors (Lipinski definition) is 5. The largest absolute Gasteiger partial charge is 0.493 e. The summed E-state index contributed by atoms with van der Waals surface area (Å²) in [6.07, 6.45) is 2.29. The molecule has 0 radical (unpaired) electrons. The lowest BCUT2D eigenvalue weighted by atomic mass is 9.92. The van der Waals surface area contributed by atoms with E-state index in [4.69, 9.17) is 15.2 Å². The van der Waals surface area contributed by atoms with Crippen LogP contribution in [0, 0.1) is 11.2 Å². The van der Waals surface area contributed by atoms with Gasteiger partial charge in [-0.05, 0) is 42.1 Å². The van der Waals surface area contributed by atoms with Crippen LogP contribution in [0.4, 0.5) is 4.39 Å². The number of primary amides is 1. The van der Waals surface area contributed by atoms with Gasteiger partial charge in [-0.1, -0.05) is 20.8 Å². The van der Waals surface area contributed by atoms with Crippen molar-refractivity contribution in [3.05, 3.63) is 47.4 Å². The van der Waals surface area contributed by atoms with E-state index in [0.29, 0.717) is 6.54 Å². The van der Waals surface area contributed by atoms with E-state index in [1.165, 1.54) is 31.5 Å². The van der Waals surface area contributed by atoms with Crippen LogP contribution in [0.25, 0.3) is 0 Å². The maximum atomic E-state index is 14.6. The molecule has 0 aliphatic heterocycles. The van der Waals surface area contributed by atoms with Gasteiger partial charge in [0.2, 0.25) is 17.5 Å². The second kappa shape index (κ2) is 8.81. The number of nitrogens with one attached hydrogen (secondary N) is 1. The van der Waals surface area contributed by atoms with E-state index in [-0.39, 0.29) is 28.4 Å². The predicted molar refractivity (Wildman–Crippen MR) is 102 cm³/mol. The smallest absolute Gasteiger partial charge is 0.250 e. The van der Waals surface area contributed by atoms with Gasteiger partial charge in [-0.25, -0.2) is 9.37 Å². The molecular weight excluding hydrogens is 349 g/mol. The molecule has 0 saturated carbocycles. The van der Waals surface area contributed by atoms with Crippen molar-refractivity contribution in [2.45, 2.75) is 33.7 Å². The van der Waals surface area contributed by atoms with Gasteiger partial charge in [0.15, 0.2) is 11.6 Å². The van der Waals surface area contributed by atoms with Gasteiger partial charge in [0.1, 0.15) is 0 Å². The predicted octanol–water partition coefficient (Wildman–Crippen LogP) is 3.65. The highest BCUT2D eigenvalue weighted by molar-refractivity contribution is 5.92. The Hall–Kier alpha value is -2.67. The number of nitrogens with zero attached hydrogens (tertiary/aromatic N) is 1. The molecule has 7 heteroatoms. The van der Waals surface area contributed by atoms with Gasteiger partial charge in [-0.15, -0.1) is 0 Å². The van der Waals surface area contributed by atoms with Gasteiger partial charge in [-0.2, -0.15) is 0 Å². The van der Waals surface area contributed by atoms with E-state index in [2.05, 4.69) is 31.1 Å². The fourth-order valence-corrected chi connectivity index (χ4v) is 2.36. The van der Waals surface area contributed by atoms with E-state index in [9.17, 15) is 9.18 Å². The first-order valence-electron chi connectivity index (χ1n) is 8.70. The lowest BCUT2D eigenvalue weighted by Crippen LogP contribution is -2.20. The Balaban J connectivity index is 2.10. The number of carbonyl (C=O) groups excluding carboxylic acids is 1. The molecule has 2 aromatic rings. The lowest BCUT2D eigenvalue weighted by molar-refractivity contribution is 0.1000. The van der Waals surface area contributed by atoms with Gasteiger partial charge < -0.3 is 20.5 Å². The van der Waals surface area contributed by atoms with Crippen LogP contribution in [0.2, 0.25) is 0 Å². The molecule has 3 N–H and O–H groups in total. The van der Waals surface area contributed by atoms with E-state index >= 15 is 0 Å². The maximum absolute atomic E-state index is 14.6. The summed E-state index contributed by atoms with van der Waals surface area (Å²) in [5.41, 5.74) is 6.41. The number of pyridine rings is 1. The van der Waals surface area contributed by atoms with Crippen molar-refractivity contribution < 1.29 is 18.7 Å². The molecule has 146 valence electrons. The third-order valence-corrected chi connectivity index (χ3v) is 3.90. The number of benzene rings is 1. The van der Waals surface area contributed by atoms with Crippen molar-refractivity contribution in [1.29, 1.82) is 0 Å². The molecule has 1 aromatic carbocycles.